The van der Waals surface area contributed by atoms with E-state index < -0.39 is 0 Å². The number of piperazine rings is 1. The first kappa shape index (κ1) is 11.5. The third kappa shape index (κ3) is 2.41. The zero-order valence-electron chi connectivity index (χ0n) is 9.59. The zero-order valence-corrected chi connectivity index (χ0v) is 9.59. The summed E-state index contributed by atoms with van der Waals surface area (Å²) in [5.74, 6) is 0.191. The number of rotatable bonds is 1. The number of carbonyl (C=O) groups excluding carboxylic acids is 2. The summed E-state index contributed by atoms with van der Waals surface area (Å²) < 4.78 is 9.67. The van der Waals surface area contributed by atoms with Crippen LogP contribution < -0.4 is 0 Å². The van der Waals surface area contributed by atoms with Crippen molar-refractivity contribution >= 4 is 12.0 Å². The zero-order chi connectivity index (χ0) is 12.3. The van der Waals surface area contributed by atoms with Crippen molar-refractivity contribution in [2.75, 3.05) is 33.3 Å². The van der Waals surface area contributed by atoms with Crippen molar-refractivity contribution in [1.29, 1.82) is 0 Å². The van der Waals surface area contributed by atoms with Crippen LogP contribution in [0.25, 0.3) is 0 Å². The highest BCUT2D eigenvalue weighted by Crippen LogP contribution is 2.09. The second-order valence-corrected chi connectivity index (χ2v) is 3.73. The lowest BCUT2D eigenvalue weighted by molar-refractivity contribution is 0.0573. The molecule has 1 aromatic rings. The van der Waals surface area contributed by atoms with Crippen molar-refractivity contribution in [3.63, 3.8) is 0 Å². The summed E-state index contributed by atoms with van der Waals surface area (Å²) in [4.78, 5) is 26.4. The van der Waals surface area contributed by atoms with E-state index in [4.69, 9.17) is 4.42 Å². The Bertz CT molecular complexity index is 394. The molecule has 0 unspecified atom stereocenters. The number of hydrogen-bond acceptors (Lipinski definition) is 4. The molecule has 0 spiro atoms. The fourth-order valence-corrected chi connectivity index (χ4v) is 1.78. The highest BCUT2D eigenvalue weighted by molar-refractivity contribution is 5.91. The van der Waals surface area contributed by atoms with Gasteiger partial charge in [-0.3, -0.25) is 4.79 Å². The Balaban J connectivity index is 1.91. The lowest BCUT2D eigenvalue weighted by Crippen LogP contribution is -2.50. The van der Waals surface area contributed by atoms with Gasteiger partial charge in [0, 0.05) is 26.2 Å². The van der Waals surface area contributed by atoms with Crippen molar-refractivity contribution in [3.05, 3.63) is 24.2 Å². The minimum absolute atomic E-state index is 0.139. The van der Waals surface area contributed by atoms with E-state index in [2.05, 4.69) is 4.74 Å². The third-order valence-electron chi connectivity index (χ3n) is 2.73. The second kappa shape index (κ2) is 4.90. The molecule has 6 nitrogen and oxygen atoms in total. The Labute approximate surface area is 98.7 Å². The molecule has 0 aromatic carbocycles. The summed E-state index contributed by atoms with van der Waals surface area (Å²) in [7, 11) is 1.35. The smallest absolute Gasteiger partial charge is 0.409 e. The summed E-state index contributed by atoms with van der Waals surface area (Å²) in [6.45, 7) is 1.96. The van der Waals surface area contributed by atoms with Crippen LogP contribution in [0.4, 0.5) is 4.79 Å². The van der Waals surface area contributed by atoms with E-state index in [1.807, 2.05) is 0 Å². The van der Waals surface area contributed by atoms with Gasteiger partial charge in [-0.25, -0.2) is 4.79 Å². The molecule has 17 heavy (non-hydrogen) atoms. The molecule has 0 radical (unpaired) electrons. The van der Waals surface area contributed by atoms with Gasteiger partial charge < -0.3 is 19.0 Å². The third-order valence-corrected chi connectivity index (χ3v) is 2.73. The van der Waals surface area contributed by atoms with Gasteiger partial charge in [-0.05, 0) is 12.1 Å². The fraction of sp³-hybridized carbons (Fsp3) is 0.455. The number of furan rings is 1. The molecule has 2 amide bonds. The molecule has 92 valence electrons. The number of ether oxygens (including phenoxy) is 1. The standard InChI is InChI=1S/C11H14N2O4/c1-16-11(15)13-6-4-12(5-7-13)10(14)9-3-2-8-17-9/h2-3,8H,4-7H2,1H3. The number of nitrogens with zero attached hydrogens (tertiary/aromatic N) is 2. The summed E-state index contributed by atoms with van der Waals surface area (Å²) in [5, 5.41) is 0. The quantitative estimate of drug-likeness (QED) is 0.726. The van der Waals surface area contributed by atoms with E-state index in [1.165, 1.54) is 13.4 Å². The maximum Gasteiger partial charge on any atom is 0.409 e. The molecule has 1 aromatic heterocycles. The molecular formula is C11H14N2O4. The minimum atomic E-state index is -0.352. The lowest BCUT2D eigenvalue weighted by atomic mass is 10.3. The first-order valence-electron chi connectivity index (χ1n) is 5.38. The van der Waals surface area contributed by atoms with E-state index in [-0.39, 0.29) is 12.0 Å². The van der Waals surface area contributed by atoms with Crippen LogP contribution in [0, 0.1) is 0 Å². The second-order valence-electron chi connectivity index (χ2n) is 3.73. The molecule has 1 aliphatic heterocycles. The molecule has 0 N–H and O–H groups in total. The molecule has 0 atom stereocenters. The highest BCUT2D eigenvalue weighted by Gasteiger charge is 2.26. The number of hydrogen-bond donors (Lipinski definition) is 0. The molecule has 2 heterocycles. The maximum atomic E-state index is 11.9. The van der Waals surface area contributed by atoms with Gasteiger partial charge in [-0.1, -0.05) is 0 Å². The van der Waals surface area contributed by atoms with E-state index in [9.17, 15) is 9.59 Å². The van der Waals surface area contributed by atoms with Gasteiger partial charge in [-0.15, -0.1) is 0 Å². The van der Waals surface area contributed by atoms with Crippen LogP contribution in [-0.4, -0.2) is 55.1 Å². The highest BCUT2D eigenvalue weighted by atomic mass is 16.5. The number of carbonyl (C=O) groups is 2. The number of methoxy groups -OCH3 is 1. The summed E-state index contributed by atoms with van der Waals surface area (Å²) in [5.41, 5.74) is 0. The first-order chi connectivity index (χ1) is 8.22. The van der Waals surface area contributed by atoms with Gasteiger partial charge in [0.25, 0.3) is 5.91 Å². The molecule has 6 heteroatoms. The Morgan fingerprint density at radius 2 is 1.88 bits per heavy atom. The van der Waals surface area contributed by atoms with E-state index in [0.717, 1.165) is 0 Å². The average molecular weight is 238 g/mol. The molecule has 1 fully saturated rings. The van der Waals surface area contributed by atoms with E-state index in [0.29, 0.717) is 31.9 Å². The van der Waals surface area contributed by atoms with Crippen LogP contribution in [0.2, 0.25) is 0 Å². The molecule has 0 bridgehead atoms. The van der Waals surface area contributed by atoms with E-state index in [1.54, 1.807) is 21.9 Å². The van der Waals surface area contributed by atoms with Crippen molar-refractivity contribution in [3.8, 4) is 0 Å². The van der Waals surface area contributed by atoms with Crippen molar-refractivity contribution in [1.82, 2.24) is 9.80 Å². The van der Waals surface area contributed by atoms with Crippen LogP contribution in [0.3, 0.4) is 0 Å². The Hall–Kier alpha value is -1.98. The summed E-state index contributed by atoms with van der Waals surface area (Å²) >= 11 is 0. The normalized spacial score (nSPS) is 15.8. The van der Waals surface area contributed by atoms with Gasteiger partial charge in [0.05, 0.1) is 13.4 Å². The molecule has 0 saturated carbocycles. The molecule has 0 aliphatic carbocycles. The topological polar surface area (TPSA) is 63.0 Å². The van der Waals surface area contributed by atoms with E-state index >= 15 is 0 Å². The largest absolute Gasteiger partial charge is 0.459 e. The number of amides is 2. The maximum absolute atomic E-state index is 11.9. The lowest BCUT2D eigenvalue weighted by Gasteiger charge is -2.33. The Kier molecular flexibility index (Phi) is 3.32. The minimum Gasteiger partial charge on any atom is -0.459 e. The van der Waals surface area contributed by atoms with Crippen molar-refractivity contribution < 1.29 is 18.7 Å². The fourth-order valence-electron chi connectivity index (χ4n) is 1.78. The van der Waals surface area contributed by atoms with Crippen LogP contribution >= 0.6 is 0 Å². The molecule has 1 aliphatic rings. The van der Waals surface area contributed by atoms with Gasteiger partial charge in [0.1, 0.15) is 0 Å². The van der Waals surface area contributed by atoms with Crippen molar-refractivity contribution in [2.45, 2.75) is 0 Å². The average Bonchev–Trinajstić information content (AvgIpc) is 2.91. The SMILES string of the molecule is COC(=O)N1CCN(C(=O)c2ccco2)CC1. The van der Waals surface area contributed by atoms with Gasteiger partial charge >= 0.3 is 6.09 Å². The summed E-state index contributed by atoms with van der Waals surface area (Å²) in [6, 6.07) is 3.31. The molecule has 1 saturated heterocycles. The van der Waals surface area contributed by atoms with Crippen LogP contribution in [0.5, 0.6) is 0 Å². The molecular weight excluding hydrogens is 224 g/mol. The van der Waals surface area contributed by atoms with Gasteiger partial charge in [0.2, 0.25) is 0 Å². The predicted octanol–water partition coefficient (Wildman–Crippen LogP) is 0.804. The van der Waals surface area contributed by atoms with Crippen LogP contribution in [0.1, 0.15) is 10.6 Å². The summed E-state index contributed by atoms with van der Waals surface area (Å²) in [6.07, 6.45) is 1.12. The van der Waals surface area contributed by atoms with Gasteiger partial charge in [0.15, 0.2) is 5.76 Å². The monoisotopic (exact) mass is 238 g/mol. The van der Waals surface area contributed by atoms with Crippen LogP contribution in [0.15, 0.2) is 22.8 Å². The molecule has 2 rings (SSSR count). The van der Waals surface area contributed by atoms with Crippen LogP contribution in [-0.2, 0) is 4.74 Å². The van der Waals surface area contributed by atoms with Crippen molar-refractivity contribution in [2.24, 2.45) is 0 Å². The predicted molar refractivity (Wildman–Crippen MR) is 58.6 cm³/mol. The Morgan fingerprint density at radius 1 is 1.24 bits per heavy atom. The first-order valence-corrected chi connectivity index (χ1v) is 5.38. The Morgan fingerprint density at radius 3 is 2.41 bits per heavy atom. The van der Waals surface area contributed by atoms with Gasteiger partial charge in [-0.2, -0.15) is 0 Å².